The maximum absolute atomic E-state index is 12.7. The maximum Gasteiger partial charge on any atom is 0.325 e. The van der Waals surface area contributed by atoms with Crippen molar-refractivity contribution in [1.29, 1.82) is 0 Å². The van der Waals surface area contributed by atoms with Crippen LogP contribution in [0.3, 0.4) is 0 Å². The lowest BCUT2D eigenvalue weighted by Gasteiger charge is -2.33. The van der Waals surface area contributed by atoms with Crippen molar-refractivity contribution in [3.63, 3.8) is 0 Å². The van der Waals surface area contributed by atoms with E-state index in [0.29, 0.717) is 6.61 Å². The smallest absolute Gasteiger partial charge is 0.325 e. The third-order valence-corrected chi connectivity index (χ3v) is 4.07. The summed E-state index contributed by atoms with van der Waals surface area (Å²) in [5, 5.41) is 0. The zero-order chi connectivity index (χ0) is 14.6. The van der Waals surface area contributed by atoms with Crippen LogP contribution in [-0.4, -0.2) is 36.0 Å². The van der Waals surface area contributed by atoms with Crippen molar-refractivity contribution in [1.82, 2.24) is 4.90 Å². The van der Waals surface area contributed by atoms with Gasteiger partial charge in [0.2, 0.25) is 5.91 Å². The van der Waals surface area contributed by atoms with Crippen LogP contribution < -0.4 is 0 Å². The lowest BCUT2D eigenvalue weighted by Crippen LogP contribution is -2.46. The fourth-order valence-electron chi connectivity index (χ4n) is 2.85. The fourth-order valence-corrected chi connectivity index (χ4v) is 2.85. The van der Waals surface area contributed by atoms with Crippen LogP contribution >= 0.6 is 0 Å². The molecular formula is C15H27NO3. The zero-order valence-corrected chi connectivity index (χ0v) is 12.9. The Morgan fingerprint density at radius 1 is 1.37 bits per heavy atom. The standard InChI is InChI=1S/C15H27NO3/c1-6-19-13(17)10-16(11(2)3)14(18)12-8-7-9-15(12,4)5/h11-12H,6-10H2,1-5H3. The van der Waals surface area contributed by atoms with Gasteiger partial charge in [-0.3, -0.25) is 9.59 Å². The molecule has 1 aliphatic rings. The summed E-state index contributed by atoms with van der Waals surface area (Å²) >= 11 is 0. The Labute approximate surface area is 116 Å². The van der Waals surface area contributed by atoms with Gasteiger partial charge in [0.05, 0.1) is 6.61 Å². The number of rotatable bonds is 5. The molecular weight excluding hydrogens is 242 g/mol. The third kappa shape index (κ3) is 3.95. The van der Waals surface area contributed by atoms with Crippen LogP contribution in [0, 0.1) is 11.3 Å². The van der Waals surface area contributed by atoms with Crippen molar-refractivity contribution in [3.8, 4) is 0 Å². The summed E-state index contributed by atoms with van der Waals surface area (Å²) < 4.78 is 4.95. The lowest BCUT2D eigenvalue weighted by molar-refractivity contribution is -0.152. The Bertz CT molecular complexity index is 336. The summed E-state index contributed by atoms with van der Waals surface area (Å²) in [4.78, 5) is 25.9. The lowest BCUT2D eigenvalue weighted by atomic mass is 9.81. The van der Waals surface area contributed by atoms with Gasteiger partial charge < -0.3 is 9.64 Å². The van der Waals surface area contributed by atoms with Crippen LogP contribution in [0.2, 0.25) is 0 Å². The number of carbonyl (C=O) groups is 2. The highest BCUT2D eigenvalue weighted by molar-refractivity contribution is 5.84. The van der Waals surface area contributed by atoms with Crippen LogP contribution in [0.5, 0.6) is 0 Å². The van der Waals surface area contributed by atoms with Gasteiger partial charge >= 0.3 is 5.97 Å². The Morgan fingerprint density at radius 2 is 2.00 bits per heavy atom. The van der Waals surface area contributed by atoms with E-state index in [0.717, 1.165) is 19.3 Å². The SMILES string of the molecule is CCOC(=O)CN(C(=O)C1CCCC1(C)C)C(C)C. The molecule has 1 amide bonds. The molecule has 1 unspecified atom stereocenters. The second-order valence-electron chi connectivity index (χ2n) is 6.30. The van der Waals surface area contributed by atoms with Crippen LogP contribution in [0.15, 0.2) is 0 Å². The highest BCUT2D eigenvalue weighted by Crippen LogP contribution is 2.43. The van der Waals surface area contributed by atoms with Crippen molar-refractivity contribution >= 4 is 11.9 Å². The molecule has 0 saturated heterocycles. The third-order valence-electron chi connectivity index (χ3n) is 4.07. The van der Waals surface area contributed by atoms with Crippen molar-refractivity contribution in [2.75, 3.05) is 13.2 Å². The van der Waals surface area contributed by atoms with E-state index in [2.05, 4.69) is 13.8 Å². The van der Waals surface area contributed by atoms with Gasteiger partial charge in [-0.05, 0) is 39.0 Å². The molecule has 0 aromatic rings. The summed E-state index contributed by atoms with van der Waals surface area (Å²) in [6.45, 7) is 10.4. The van der Waals surface area contributed by atoms with E-state index < -0.39 is 0 Å². The number of carbonyl (C=O) groups excluding carboxylic acids is 2. The number of esters is 1. The normalized spacial score (nSPS) is 21.5. The monoisotopic (exact) mass is 269 g/mol. The van der Waals surface area contributed by atoms with Crippen molar-refractivity contribution < 1.29 is 14.3 Å². The van der Waals surface area contributed by atoms with Gasteiger partial charge in [0, 0.05) is 12.0 Å². The molecule has 1 rings (SSSR count). The largest absolute Gasteiger partial charge is 0.465 e. The van der Waals surface area contributed by atoms with Gasteiger partial charge in [-0.2, -0.15) is 0 Å². The maximum atomic E-state index is 12.7. The van der Waals surface area contributed by atoms with Crippen LogP contribution in [0.1, 0.15) is 53.9 Å². The van der Waals surface area contributed by atoms with E-state index in [9.17, 15) is 9.59 Å². The van der Waals surface area contributed by atoms with E-state index in [1.54, 1.807) is 11.8 Å². The topological polar surface area (TPSA) is 46.6 Å². The van der Waals surface area contributed by atoms with Crippen molar-refractivity contribution in [3.05, 3.63) is 0 Å². The van der Waals surface area contributed by atoms with E-state index in [1.165, 1.54) is 0 Å². The predicted octanol–water partition coefficient (Wildman–Crippen LogP) is 2.61. The highest BCUT2D eigenvalue weighted by atomic mass is 16.5. The second kappa shape index (κ2) is 6.40. The number of ether oxygens (including phenoxy) is 1. The number of hydrogen-bond acceptors (Lipinski definition) is 3. The van der Waals surface area contributed by atoms with Gasteiger partial charge in [0.15, 0.2) is 0 Å². The molecule has 4 heteroatoms. The van der Waals surface area contributed by atoms with Gasteiger partial charge in [-0.1, -0.05) is 20.3 Å². The molecule has 110 valence electrons. The van der Waals surface area contributed by atoms with Gasteiger partial charge in [-0.15, -0.1) is 0 Å². The first-order chi connectivity index (χ1) is 8.79. The minimum Gasteiger partial charge on any atom is -0.465 e. The molecule has 1 fully saturated rings. The van der Waals surface area contributed by atoms with Crippen LogP contribution in [0.4, 0.5) is 0 Å². The predicted molar refractivity (Wildman–Crippen MR) is 74.6 cm³/mol. The molecule has 0 aromatic heterocycles. The fraction of sp³-hybridized carbons (Fsp3) is 0.867. The van der Waals surface area contributed by atoms with E-state index in [4.69, 9.17) is 4.74 Å². The Balaban J connectivity index is 2.76. The van der Waals surface area contributed by atoms with Gasteiger partial charge in [0.25, 0.3) is 0 Å². The summed E-state index contributed by atoms with van der Waals surface area (Å²) in [6, 6.07) is 0.0216. The Kier molecular flexibility index (Phi) is 5.39. The summed E-state index contributed by atoms with van der Waals surface area (Å²) in [7, 11) is 0. The molecule has 1 aliphatic carbocycles. The molecule has 0 bridgehead atoms. The minimum atomic E-state index is -0.319. The summed E-state index contributed by atoms with van der Waals surface area (Å²) in [5.41, 5.74) is 0.0406. The van der Waals surface area contributed by atoms with Gasteiger partial charge in [-0.25, -0.2) is 0 Å². The molecule has 0 aliphatic heterocycles. The average Bonchev–Trinajstić information content (AvgIpc) is 2.65. The van der Waals surface area contributed by atoms with E-state index in [1.807, 2.05) is 13.8 Å². The molecule has 4 nitrogen and oxygen atoms in total. The van der Waals surface area contributed by atoms with Crippen LogP contribution in [0.25, 0.3) is 0 Å². The molecule has 0 aromatic carbocycles. The second-order valence-corrected chi connectivity index (χ2v) is 6.30. The average molecular weight is 269 g/mol. The highest BCUT2D eigenvalue weighted by Gasteiger charge is 2.42. The zero-order valence-electron chi connectivity index (χ0n) is 12.9. The van der Waals surface area contributed by atoms with Crippen LogP contribution in [-0.2, 0) is 14.3 Å². The van der Waals surface area contributed by atoms with E-state index in [-0.39, 0.29) is 35.8 Å². The Morgan fingerprint density at radius 3 is 2.42 bits per heavy atom. The molecule has 0 N–H and O–H groups in total. The Hall–Kier alpha value is -1.06. The molecule has 1 atom stereocenters. The molecule has 0 heterocycles. The summed E-state index contributed by atoms with van der Waals surface area (Å²) in [5.74, 6) is -0.185. The van der Waals surface area contributed by atoms with Crippen molar-refractivity contribution in [2.45, 2.75) is 59.9 Å². The first-order valence-electron chi connectivity index (χ1n) is 7.25. The van der Waals surface area contributed by atoms with Crippen molar-refractivity contribution in [2.24, 2.45) is 11.3 Å². The van der Waals surface area contributed by atoms with Gasteiger partial charge in [0.1, 0.15) is 6.54 Å². The number of hydrogen-bond donors (Lipinski definition) is 0. The van der Waals surface area contributed by atoms with E-state index >= 15 is 0 Å². The molecule has 0 radical (unpaired) electrons. The molecule has 0 spiro atoms. The first-order valence-corrected chi connectivity index (χ1v) is 7.25. The first kappa shape index (κ1) is 16.0. The number of amides is 1. The minimum absolute atomic E-state index is 0.0216. The molecule has 1 saturated carbocycles. The quantitative estimate of drug-likeness (QED) is 0.721. The number of nitrogens with zero attached hydrogens (tertiary/aromatic N) is 1. The molecule has 19 heavy (non-hydrogen) atoms. The summed E-state index contributed by atoms with van der Waals surface area (Å²) in [6.07, 6.45) is 3.10.